The van der Waals surface area contributed by atoms with E-state index in [2.05, 4.69) is 11.8 Å². The number of ether oxygens (including phenoxy) is 1. The molecule has 1 aliphatic heterocycles. The number of methoxy groups -OCH3 is 1. The van der Waals surface area contributed by atoms with E-state index in [0.717, 1.165) is 18.9 Å². The molecule has 0 amide bonds. The van der Waals surface area contributed by atoms with Crippen molar-refractivity contribution in [3.63, 3.8) is 0 Å². The van der Waals surface area contributed by atoms with Crippen molar-refractivity contribution in [3.8, 4) is 0 Å². The van der Waals surface area contributed by atoms with Crippen LogP contribution < -0.4 is 0 Å². The number of likely N-dealkylation sites (tertiary alicyclic amines) is 1. The summed E-state index contributed by atoms with van der Waals surface area (Å²) in [5.74, 6) is 0.825. The quantitative estimate of drug-likeness (QED) is 0.533. The van der Waals surface area contributed by atoms with E-state index in [-0.39, 0.29) is 12.0 Å². The van der Waals surface area contributed by atoms with Crippen molar-refractivity contribution in [2.45, 2.75) is 57.5 Å². The smallest absolute Gasteiger partial charge is 0.323 e. The van der Waals surface area contributed by atoms with Gasteiger partial charge in [-0.25, -0.2) is 0 Å². The molecule has 0 bridgehead atoms. The van der Waals surface area contributed by atoms with Gasteiger partial charge in [0, 0.05) is 12.6 Å². The van der Waals surface area contributed by atoms with Crippen LogP contribution in [0.5, 0.6) is 0 Å². The molecule has 16 heavy (non-hydrogen) atoms. The van der Waals surface area contributed by atoms with Gasteiger partial charge in [0.1, 0.15) is 6.04 Å². The summed E-state index contributed by atoms with van der Waals surface area (Å²) in [7, 11) is 1.49. The molecule has 1 saturated heterocycles. The maximum absolute atomic E-state index is 11.5. The summed E-state index contributed by atoms with van der Waals surface area (Å²) in [6.45, 7) is 3.43. The van der Waals surface area contributed by atoms with E-state index in [0.29, 0.717) is 6.04 Å². The Bertz CT molecular complexity index is 254. The van der Waals surface area contributed by atoms with Gasteiger partial charge in [0.25, 0.3) is 0 Å². The number of esters is 1. The molecule has 2 aliphatic rings. The fourth-order valence-electron chi connectivity index (χ4n) is 3.03. The Morgan fingerprint density at radius 2 is 2.00 bits per heavy atom. The minimum absolute atomic E-state index is 0.0384. The lowest BCUT2D eigenvalue weighted by molar-refractivity contribution is -0.154. The van der Waals surface area contributed by atoms with Crippen molar-refractivity contribution in [2.24, 2.45) is 5.92 Å². The van der Waals surface area contributed by atoms with Crippen molar-refractivity contribution in [1.29, 1.82) is 0 Å². The molecule has 0 radical (unpaired) electrons. The van der Waals surface area contributed by atoms with Crippen molar-refractivity contribution in [2.75, 3.05) is 13.7 Å². The van der Waals surface area contributed by atoms with Gasteiger partial charge >= 0.3 is 5.97 Å². The second kappa shape index (κ2) is 5.17. The van der Waals surface area contributed by atoms with Crippen LogP contribution in [0.15, 0.2) is 0 Å². The maximum Gasteiger partial charge on any atom is 0.323 e. The van der Waals surface area contributed by atoms with Gasteiger partial charge in [0.2, 0.25) is 0 Å². The molecule has 1 aliphatic carbocycles. The summed E-state index contributed by atoms with van der Waals surface area (Å²) >= 11 is 0. The maximum atomic E-state index is 11.5. The molecule has 3 nitrogen and oxygen atoms in total. The van der Waals surface area contributed by atoms with E-state index in [9.17, 15) is 4.79 Å². The zero-order valence-corrected chi connectivity index (χ0v) is 10.4. The highest BCUT2D eigenvalue weighted by atomic mass is 16.5. The van der Waals surface area contributed by atoms with Crippen LogP contribution in [0, 0.1) is 5.92 Å². The number of hydrogen-bond acceptors (Lipinski definition) is 3. The Labute approximate surface area is 98.1 Å². The monoisotopic (exact) mass is 225 g/mol. The Balaban J connectivity index is 1.89. The first-order valence-corrected chi connectivity index (χ1v) is 6.56. The number of carbonyl (C=O) groups is 1. The second-order valence-electron chi connectivity index (χ2n) is 5.33. The van der Waals surface area contributed by atoms with Gasteiger partial charge in [-0.3, -0.25) is 9.69 Å². The summed E-state index contributed by atoms with van der Waals surface area (Å²) in [6, 6.07) is 0.686. The Morgan fingerprint density at radius 1 is 1.19 bits per heavy atom. The van der Waals surface area contributed by atoms with E-state index in [1.54, 1.807) is 0 Å². The van der Waals surface area contributed by atoms with Crippen LogP contribution in [-0.2, 0) is 9.53 Å². The van der Waals surface area contributed by atoms with Gasteiger partial charge in [0.15, 0.2) is 0 Å². The van der Waals surface area contributed by atoms with Crippen LogP contribution in [0.4, 0.5) is 0 Å². The summed E-state index contributed by atoms with van der Waals surface area (Å²) < 4.78 is 4.85. The fourth-order valence-corrected chi connectivity index (χ4v) is 3.03. The second-order valence-corrected chi connectivity index (χ2v) is 5.33. The molecular weight excluding hydrogens is 202 g/mol. The lowest BCUT2D eigenvalue weighted by Gasteiger charge is -2.44. The number of nitrogens with zero attached hydrogens (tertiary/aromatic N) is 1. The molecule has 0 aromatic rings. The molecule has 2 rings (SSSR count). The molecule has 0 spiro atoms. The summed E-state index contributed by atoms with van der Waals surface area (Å²) in [6.07, 6.45) is 7.49. The minimum Gasteiger partial charge on any atom is -0.468 e. The number of hydrogen-bond donors (Lipinski definition) is 0. The highest BCUT2D eigenvalue weighted by Gasteiger charge is 2.39. The lowest BCUT2D eigenvalue weighted by Crippen LogP contribution is -2.57. The van der Waals surface area contributed by atoms with Gasteiger partial charge < -0.3 is 4.74 Å². The molecule has 0 N–H and O–H groups in total. The average molecular weight is 225 g/mol. The highest BCUT2D eigenvalue weighted by Crippen LogP contribution is 2.31. The highest BCUT2D eigenvalue weighted by molar-refractivity contribution is 5.76. The molecule has 3 unspecified atom stereocenters. The number of carbonyl (C=O) groups excluding carboxylic acids is 1. The summed E-state index contributed by atoms with van der Waals surface area (Å²) in [4.78, 5) is 13.9. The summed E-state index contributed by atoms with van der Waals surface area (Å²) in [5.41, 5.74) is 0. The molecular formula is C13H23NO2. The standard InChI is InChI=1S/C13H23NO2/c1-10-4-3-5-11(7-6-10)14-9-8-12(14)13(15)16-2/h10-12H,3-9H2,1-2H3. The van der Waals surface area contributed by atoms with Gasteiger partial charge in [-0.05, 0) is 31.6 Å². The van der Waals surface area contributed by atoms with E-state index in [4.69, 9.17) is 4.74 Å². The molecule has 0 aromatic carbocycles. The van der Waals surface area contributed by atoms with Crippen LogP contribution in [0.25, 0.3) is 0 Å². The third-order valence-corrected chi connectivity index (χ3v) is 4.23. The zero-order valence-electron chi connectivity index (χ0n) is 10.4. The Hall–Kier alpha value is -0.570. The first kappa shape index (κ1) is 11.9. The topological polar surface area (TPSA) is 29.5 Å². The molecule has 2 fully saturated rings. The van der Waals surface area contributed by atoms with Gasteiger partial charge in [-0.15, -0.1) is 0 Å². The van der Waals surface area contributed by atoms with Crippen LogP contribution in [0.2, 0.25) is 0 Å². The SMILES string of the molecule is COC(=O)C1CCN1C1CCCC(C)CC1. The molecule has 0 aromatic heterocycles. The first-order chi connectivity index (χ1) is 7.72. The predicted octanol–water partition coefficient (Wildman–Crippen LogP) is 2.20. The third-order valence-electron chi connectivity index (χ3n) is 4.23. The molecule has 1 saturated carbocycles. The van der Waals surface area contributed by atoms with E-state index < -0.39 is 0 Å². The largest absolute Gasteiger partial charge is 0.468 e. The van der Waals surface area contributed by atoms with Crippen molar-refractivity contribution >= 4 is 5.97 Å². The first-order valence-electron chi connectivity index (χ1n) is 6.56. The van der Waals surface area contributed by atoms with E-state index >= 15 is 0 Å². The Morgan fingerprint density at radius 3 is 2.62 bits per heavy atom. The van der Waals surface area contributed by atoms with Crippen molar-refractivity contribution in [1.82, 2.24) is 4.90 Å². The molecule has 1 heterocycles. The van der Waals surface area contributed by atoms with E-state index in [1.165, 1.54) is 39.2 Å². The fraction of sp³-hybridized carbons (Fsp3) is 0.923. The van der Waals surface area contributed by atoms with Crippen molar-refractivity contribution < 1.29 is 9.53 Å². The van der Waals surface area contributed by atoms with Crippen LogP contribution in [0.1, 0.15) is 45.4 Å². The molecule has 92 valence electrons. The van der Waals surface area contributed by atoms with Crippen LogP contribution in [-0.4, -0.2) is 36.6 Å². The third kappa shape index (κ3) is 2.40. The molecule has 3 heteroatoms. The lowest BCUT2D eigenvalue weighted by atomic mass is 9.95. The van der Waals surface area contributed by atoms with Crippen molar-refractivity contribution in [3.05, 3.63) is 0 Å². The van der Waals surface area contributed by atoms with Gasteiger partial charge in [-0.1, -0.05) is 19.8 Å². The van der Waals surface area contributed by atoms with Gasteiger partial charge in [0.05, 0.1) is 7.11 Å². The minimum atomic E-state index is -0.0384. The average Bonchev–Trinajstić information content (AvgIpc) is 2.42. The predicted molar refractivity (Wildman–Crippen MR) is 63.2 cm³/mol. The van der Waals surface area contributed by atoms with Crippen LogP contribution in [0.3, 0.4) is 0 Å². The summed E-state index contributed by atoms with van der Waals surface area (Å²) in [5, 5.41) is 0. The normalized spacial score (nSPS) is 36.2. The molecule has 3 atom stereocenters. The Kier molecular flexibility index (Phi) is 3.85. The number of rotatable bonds is 2. The van der Waals surface area contributed by atoms with E-state index in [1.807, 2.05) is 0 Å². The zero-order chi connectivity index (χ0) is 11.5. The van der Waals surface area contributed by atoms with Gasteiger partial charge in [-0.2, -0.15) is 0 Å². The van der Waals surface area contributed by atoms with Crippen LogP contribution >= 0.6 is 0 Å².